The van der Waals surface area contributed by atoms with Crippen molar-refractivity contribution in [3.05, 3.63) is 30.6 Å². The van der Waals surface area contributed by atoms with Crippen molar-refractivity contribution in [1.29, 1.82) is 0 Å². The van der Waals surface area contributed by atoms with Crippen molar-refractivity contribution in [3.8, 4) is 0 Å². The number of carboxylic acids is 1. The van der Waals surface area contributed by atoms with Crippen LogP contribution in [0.2, 0.25) is 0 Å². The van der Waals surface area contributed by atoms with Crippen molar-refractivity contribution in [1.82, 2.24) is 9.88 Å². The van der Waals surface area contributed by atoms with Crippen molar-refractivity contribution in [2.45, 2.75) is 0 Å². The Kier molecular flexibility index (Phi) is 4.54. The second-order valence-electron chi connectivity index (χ2n) is 4.88. The molecule has 7 nitrogen and oxygen atoms in total. The van der Waals surface area contributed by atoms with E-state index in [4.69, 9.17) is 5.11 Å². The zero-order chi connectivity index (χ0) is 15.4. The van der Waals surface area contributed by atoms with Crippen molar-refractivity contribution >= 4 is 23.3 Å². The molecule has 0 bridgehead atoms. The van der Waals surface area contributed by atoms with Crippen LogP contribution in [0.25, 0.3) is 0 Å². The van der Waals surface area contributed by atoms with E-state index in [1.54, 1.807) is 0 Å². The number of piperazine rings is 1. The highest BCUT2D eigenvalue weighted by Crippen LogP contribution is 2.27. The highest BCUT2D eigenvalue weighted by Gasteiger charge is 2.20. The number of aromatic nitrogens is 1. The summed E-state index contributed by atoms with van der Waals surface area (Å²) in [5.41, 5.74) is 1.13. The number of nitrogens with zero attached hydrogens (tertiary/aromatic N) is 3. The number of nitrogens with one attached hydrogen (secondary N) is 1. The third-order valence-corrected chi connectivity index (χ3v) is 3.39. The van der Waals surface area contributed by atoms with Gasteiger partial charge in [-0.3, -0.25) is 4.79 Å². The van der Waals surface area contributed by atoms with Gasteiger partial charge in [0.25, 0.3) is 0 Å². The van der Waals surface area contributed by atoms with E-state index in [9.17, 15) is 9.59 Å². The summed E-state index contributed by atoms with van der Waals surface area (Å²) >= 11 is 0. The normalized spacial score (nSPS) is 15.6. The third kappa shape index (κ3) is 3.57. The van der Waals surface area contributed by atoms with Gasteiger partial charge in [-0.15, -0.1) is 0 Å². The lowest BCUT2D eigenvalue weighted by Crippen LogP contribution is -2.44. The minimum absolute atomic E-state index is 0.0412. The number of carbonyl (C=O) groups is 2. The highest BCUT2D eigenvalue weighted by molar-refractivity contribution is 6.01. The number of hydrogen-bond acceptors (Lipinski definition) is 5. The first-order valence-corrected chi connectivity index (χ1v) is 6.61. The second kappa shape index (κ2) is 6.36. The third-order valence-electron chi connectivity index (χ3n) is 3.39. The summed E-state index contributed by atoms with van der Waals surface area (Å²) in [6.45, 7) is 6.68. The molecule has 112 valence electrons. The number of aromatic carboxylic acids is 1. The van der Waals surface area contributed by atoms with Crippen LogP contribution in [0.5, 0.6) is 0 Å². The first-order chi connectivity index (χ1) is 10.0. The molecule has 7 heteroatoms. The number of carbonyl (C=O) groups excluding carboxylic acids is 1. The van der Waals surface area contributed by atoms with Gasteiger partial charge in [0.2, 0.25) is 5.91 Å². The molecule has 1 aliphatic heterocycles. The van der Waals surface area contributed by atoms with Crippen molar-refractivity contribution < 1.29 is 14.7 Å². The number of carboxylic acid groups (broad SMARTS) is 1. The van der Waals surface area contributed by atoms with E-state index >= 15 is 0 Å². The first kappa shape index (κ1) is 15.0. The van der Waals surface area contributed by atoms with Crippen molar-refractivity contribution in [2.75, 3.05) is 43.4 Å². The average molecular weight is 290 g/mol. The van der Waals surface area contributed by atoms with E-state index in [1.807, 2.05) is 11.9 Å². The number of rotatable bonds is 4. The zero-order valence-corrected chi connectivity index (χ0v) is 11.9. The molecule has 1 aromatic rings. The maximum Gasteiger partial charge on any atom is 0.354 e. The zero-order valence-electron chi connectivity index (χ0n) is 11.9. The van der Waals surface area contributed by atoms with Gasteiger partial charge in [-0.25, -0.2) is 9.78 Å². The second-order valence-corrected chi connectivity index (χ2v) is 4.88. The molecule has 1 amide bonds. The molecule has 1 saturated heterocycles. The topological polar surface area (TPSA) is 85.8 Å². The van der Waals surface area contributed by atoms with Gasteiger partial charge in [0.15, 0.2) is 0 Å². The minimum atomic E-state index is -1.09. The number of hydrogen-bond donors (Lipinski definition) is 2. The molecule has 1 fully saturated rings. The van der Waals surface area contributed by atoms with E-state index in [1.165, 1.54) is 18.3 Å². The lowest BCUT2D eigenvalue weighted by atomic mass is 10.2. The Labute approximate surface area is 122 Å². The predicted molar refractivity (Wildman–Crippen MR) is 79.7 cm³/mol. The van der Waals surface area contributed by atoms with Crippen LogP contribution in [0.3, 0.4) is 0 Å². The summed E-state index contributed by atoms with van der Waals surface area (Å²) in [6.07, 6.45) is 2.54. The molecule has 0 spiro atoms. The molecule has 21 heavy (non-hydrogen) atoms. The molecule has 1 aromatic heterocycles. The lowest BCUT2D eigenvalue weighted by molar-refractivity contribution is -0.111. The molecular weight excluding hydrogens is 272 g/mol. The smallest absolute Gasteiger partial charge is 0.354 e. The van der Waals surface area contributed by atoms with Crippen LogP contribution in [-0.4, -0.2) is 60.1 Å². The van der Waals surface area contributed by atoms with Gasteiger partial charge in [-0.05, 0) is 19.2 Å². The SMILES string of the molecule is C=CC(=O)Nc1cnc(C(=O)O)cc1N1CCN(C)CC1. The Morgan fingerprint density at radius 2 is 2.05 bits per heavy atom. The summed E-state index contributed by atoms with van der Waals surface area (Å²) in [7, 11) is 2.03. The van der Waals surface area contributed by atoms with Crippen molar-refractivity contribution in [2.24, 2.45) is 0 Å². The number of amides is 1. The Bertz CT molecular complexity index is 565. The fourth-order valence-electron chi connectivity index (χ4n) is 2.15. The maximum atomic E-state index is 11.5. The van der Waals surface area contributed by atoms with E-state index in [0.29, 0.717) is 11.4 Å². The van der Waals surface area contributed by atoms with Crippen LogP contribution in [-0.2, 0) is 4.79 Å². The average Bonchev–Trinajstić information content (AvgIpc) is 2.48. The van der Waals surface area contributed by atoms with Crippen LogP contribution >= 0.6 is 0 Å². The van der Waals surface area contributed by atoms with Gasteiger partial charge < -0.3 is 20.2 Å². The molecule has 1 aliphatic rings. The quantitative estimate of drug-likeness (QED) is 0.792. The molecule has 0 saturated carbocycles. The lowest BCUT2D eigenvalue weighted by Gasteiger charge is -2.35. The highest BCUT2D eigenvalue weighted by atomic mass is 16.4. The molecule has 2 heterocycles. The molecule has 0 radical (unpaired) electrons. The molecule has 2 rings (SSSR count). The number of anilines is 2. The molecule has 0 aromatic carbocycles. The molecular formula is C14H18N4O3. The summed E-state index contributed by atoms with van der Waals surface area (Å²) in [5, 5.41) is 11.7. The fraction of sp³-hybridized carbons (Fsp3) is 0.357. The Morgan fingerprint density at radius 3 is 2.62 bits per heavy atom. The predicted octanol–water partition coefficient (Wildman–Crippen LogP) is 0.656. The maximum absolute atomic E-state index is 11.5. The summed E-state index contributed by atoms with van der Waals surface area (Å²) in [5.74, 6) is -1.44. The standard InChI is InChI=1S/C14H18N4O3/c1-3-13(19)16-11-9-15-10(14(20)21)8-12(11)18-6-4-17(2)5-7-18/h3,8-9H,1,4-7H2,2H3,(H,16,19)(H,20,21). The summed E-state index contributed by atoms with van der Waals surface area (Å²) < 4.78 is 0. The summed E-state index contributed by atoms with van der Waals surface area (Å²) in [4.78, 5) is 30.7. The van der Waals surface area contributed by atoms with Crippen LogP contribution in [0, 0.1) is 0 Å². The number of likely N-dealkylation sites (N-methyl/N-ethyl adjacent to an activating group) is 1. The minimum Gasteiger partial charge on any atom is -0.477 e. The Balaban J connectivity index is 2.33. The van der Waals surface area contributed by atoms with Gasteiger partial charge in [0.1, 0.15) is 5.69 Å². The largest absolute Gasteiger partial charge is 0.477 e. The van der Waals surface area contributed by atoms with Crippen LogP contribution in [0.1, 0.15) is 10.5 Å². The fourth-order valence-corrected chi connectivity index (χ4v) is 2.15. The Hall–Kier alpha value is -2.41. The van der Waals surface area contributed by atoms with Crippen molar-refractivity contribution in [3.63, 3.8) is 0 Å². The first-order valence-electron chi connectivity index (χ1n) is 6.61. The molecule has 0 unspecified atom stereocenters. The van der Waals surface area contributed by atoms with Gasteiger partial charge in [-0.1, -0.05) is 6.58 Å². The summed E-state index contributed by atoms with van der Waals surface area (Å²) in [6, 6.07) is 1.49. The van der Waals surface area contributed by atoms with Gasteiger partial charge >= 0.3 is 5.97 Å². The van der Waals surface area contributed by atoms with E-state index in [0.717, 1.165) is 26.2 Å². The van der Waals surface area contributed by atoms with E-state index < -0.39 is 5.97 Å². The molecule has 0 atom stereocenters. The van der Waals surface area contributed by atoms with Gasteiger partial charge in [0.05, 0.1) is 17.6 Å². The van der Waals surface area contributed by atoms with Gasteiger partial charge in [0, 0.05) is 26.2 Å². The van der Waals surface area contributed by atoms with Gasteiger partial charge in [-0.2, -0.15) is 0 Å². The number of pyridine rings is 1. The monoisotopic (exact) mass is 290 g/mol. The van der Waals surface area contributed by atoms with Crippen LogP contribution in [0.15, 0.2) is 24.9 Å². The molecule has 2 N–H and O–H groups in total. The van der Waals surface area contributed by atoms with E-state index in [-0.39, 0.29) is 11.6 Å². The van der Waals surface area contributed by atoms with Crippen LogP contribution in [0.4, 0.5) is 11.4 Å². The van der Waals surface area contributed by atoms with E-state index in [2.05, 4.69) is 21.8 Å². The van der Waals surface area contributed by atoms with Crippen LogP contribution < -0.4 is 10.2 Å². The molecule has 0 aliphatic carbocycles. The Morgan fingerprint density at radius 1 is 1.38 bits per heavy atom.